The first-order chi connectivity index (χ1) is 15.0. The Balaban J connectivity index is 1.26. The number of carbonyl (C=O) groups excluding carboxylic acids is 1. The van der Waals surface area contributed by atoms with Crippen LogP contribution in [0.1, 0.15) is 33.1 Å². The summed E-state index contributed by atoms with van der Waals surface area (Å²) in [6, 6.07) is 13.9. The van der Waals surface area contributed by atoms with Crippen molar-refractivity contribution in [3.63, 3.8) is 0 Å². The predicted octanol–water partition coefficient (Wildman–Crippen LogP) is 4.51. The first-order valence-electron chi connectivity index (χ1n) is 10.5. The number of hydrogen-bond acceptors (Lipinski definition) is 5. The molecule has 4 rings (SSSR count). The summed E-state index contributed by atoms with van der Waals surface area (Å²) < 4.78 is 5.56. The zero-order chi connectivity index (χ0) is 21.8. The number of nitrogens with one attached hydrogen (secondary N) is 1. The van der Waals surface area contributed by atoms with E-state index >= 15 is 0 Å². The Morgan fingerprint density at radius 1 is 1.00 bits per heavy atom. The Bertz CT molecular complexity index is 1040. The molecule has 0 radical (unpaired) electrons. The normalized spacial score (nSPS) is 15.2. The molecule has 3 aromatic rings. The van der Waals surface area contributed by atoms with Gasteiger partial charge in [-0.3, -0.25) is 14.6 Å². The minimum Gasteiger partial charge on any atom is -0.447 e. The molecule has 7 heteroatoms. The van der Waals surface area contributed by atoms with Crippen LogP contribution in [-0.2, 0) is 13.1 Å². The molecule has 31 heavy (non-hydrogen) atoms. The molecule has 162 valence electrons. The zero-order valence-corrected chi connectivity index (χ0v) is 18.7. The van der Waals surface area contributed by atoms with Gasteiger partial charge < -0.3 is 9.73 Å². The highest BCUT2D eigenvalue weighted by molar-refractivity contribution is 6.30. The van der Waals surface area contributed by atoms with Crippen molar-refractivity contribution in [2.24, 2.45) is 0 Å². The molecule has 2 heterocycles. The first-order valence-corrected chi connectivity index (χ1v) is 10.9. The van der Waals surface area contributed by atoms with E-state index in [0.717, 1.165) is 49.0 Å². The number of nitrogens with zero attached hydrogens (tertiary/aromatic N) is 3. The number of oxazole rings is 1. The molecule has 1 amide bonds. The molecular formula is C24H27ClN4O2. The maximum Gasteiger partial charge on any atom is 0.277 e. The minimum absolute atomic E-state index is 0.258. The number of benzene rings is 2. The van der Waals surface area contributed by atoms with Crippen molar-refractivity contribution in [3.05, 3.63) is 82.0 Å². The molecule has 0 bridgehead atoms. The highest BCUT2D eigenvalue weighted by Gasteiger charge is 2.20. The third kappa shape index (κ3) is 5.73. The molecule has 0 atom stereocenters. The van der Waals surface area contributed by atoms with Crippen molar-refractivity contribution in [2.45, 2.75) is 26.9 Å². The number of aryl methyl sites for hydroxylation is 2. The average molecular weight is 439 g/mol. The van der Waals surface area contributed by atoms with Gasteiger partial charge >= 0.3 is 0 Å². The molecule has 1 aliphatic heterocycles. The molecule has 1 aromatic heterocycles. The van der Waals surface area contributed by atoms with Gasteiger partial charge in [0.25, 0.3) is 5.91 Å². The molecule has 6 nitrogen and oxygen atoms in total. The van der Waals surface area contributed by atoms with Crippen LogP contribution in [0, 0.1) is 13.8 Å². The van der Waals surface area contributed by atoms with E-state index in [1.54, 1.807) is 0 Å². The van der Waals surface area contributed by atoms with Crippen LogP contribution in [0.5, 0.6) is 0 Å². The lowest BCUT2D eigenvalue weighted by atomic mass is 10.1. The van der Waals surface area contributed by atoms with Gasteiger partial charge in [-0.2, -0.15) is 0 Å². The second-order valence-corrected chi connectivity index (χ2v) is 8.49. The fourth-order valence-corrected chi connectivity index (χ4v) is 3.77. The van der Waals surface area contributed by atoms with Crippen LogP contribution in [0.15, 0.2) is 53.1 Å². The van der Waals surface area contributed by atoms with Gasteiger partial charge in [-0.05, 0) is 54.8 Å². The summed E-state index contributed by atoms with van der Waals surface area (Å²) in [5.74, 6) is 0.308. The van der Waals surface area contributed by atoms with E-state index in [-0.39, 0.29) is 5.91 Å². The lowest BCUT2D eigenvalue weighted by Crippen LogP contribution is -2.45. The standard InChI is InChI=1S/C24H27ClN4O2/c1-17-3-8-21(13-18(17)2)26-24(30)22-16-31-23(27-22)15-29-11-9-28(10-12-29)14-19-4-6-20(25)7-5-19/h3-8,13,16H,9-12,14-15H2,1-2H3,(H,26,30). The zero-order valence-electron chi connectivity index (χ0n) is 17.9. The number of carbonyl (C=O) groups is 1. The third-order valence-corrected chi connectivity index (χ3v) is 5.94. The van der Waals surface area contributed by atoms with E-state index in [0.29, 0.717) is 18.1 Å². The molecule has 1 aliphatic rings. The number of hydrogen-bond donors (Lipinski definition) is 1. The lowest BCUT2D eigenvalue weighted by Gasteiger charge is -2.34. The van der Waals surface area contributed by atoms with Crippen LogP contribution in [0.4, 0.5) is 5.69 Å². The predicted molar refractivity (Wildman–Crippen MR) is 122 cm³/mol. The largest absolute Gasteiger partial charge is 0.447 e. The van der Waals surface area contributed by atoms with E-state index in [2.05, 4.69) is 32.2 Å². The smallest absolute Gasteiger partial charge is 0.277 e. The summed E-state index contributed by atoms with van der Waals surface area (Å²) in [6.07, 6.45) is 1.43. The number of amides is 1. The summed E-state index contributed by atoms with van der Waals surface area (Å²) >= 11 is 5.96. The van der Waals surface area contributed by atoms with Crippen LogP contribution in [0.3, 0.4) is 0 Å². The first kappa shape index (κ1) is 21.6. The summed E-state index contributed by atoms with van der Waals surface area (Å²) in [5.41, 5.74) is 4.65. The minimum atomic E-state index is -0.258. The quantitative estimate of drug-likeness (QED) is 0.613. The molecule has 0 unspecified atom stereocenters. The summed E-state index contributed by atoms with van der Waals surface area (Å²) in [4.78, 5) is 21.6. The highest BCUT2D eigenvalue weighted by atomic mass is 35.5. The molecule has 0 spiro atoms. The Morgan fingerprint density at radius 2 is 1.68 bits per heavy atom. The summed E-state index contributed by atoms with van der Waals surface area (Å²) in [5, 5.41) is 3.65. The van der Waals surface area contributed by atoms with E-state index < -0.39 is 0 Å². The molecule has 0 saturated carbocycles. The van der Waals surface area contributed by atoms with Crippen molar-refractivity contribution >= 4 is 23.2 Å². The van der Waals surface area contributed by atoms with E-state index in [9.17, 15) is 4.79 Å². The van der Waals surface area contributed by atoms with Crippen molar-refractivity contribution in [2.75, 3.05) is 31.5 Å². The molecule has 0 aliphatic carbocycles. The lowest BCUT2D eigenvalue weighted by molar-refractivity contribution is 0.102. The van der Waals surface area contributed by atoms with Gasteiger partial charge in [0.1, 0.15) is 6.26 Å². The van der Waals surface area contributed by atoms with Gasteiger partial charge in [-0.1, -0.05) is 29.8 Å². The number of halogens is 1. The second-order valence-electron chi connectivity index (χ2n) is 8.06. The average Bonchev–Trinajstić information content (AvgIpc) is 3.22. The van der Waals surface area contributed by atoms with Gasteiger partial charge in [0, 0.05) is 43.4 Å². The molecule has 1 N–H and O–H groups in total. The Morgan fingerprint density at radius 3 is 2.35 bits per heavy atom. The monoisotopic (exact) mass is 438 g/mol. The number of aromatic nitrogens is 1. The van der Waals surface area contributed by atoms with Crippen LogP contribution in [-0.4, -0.2) is 46.9 Å². The Labute approximate surface area is 187 Å². The number of piperazine rings is 1. The topological polar surface area (TPSA) is 61.6 Å². The van der Waals surface area contributed by atoms with Crippen LogP contribution in [0.2, 0.25) is 5.02 Å². The van der Waals surface area contributed by atoms with Crippen LogP contribution < -0.4 is 5.32 Å². The van der Waals surface area contributed by atoms with Crippen LogP contribution >= 0.6 is 11.6 Å². The number of rotatable bonds is 6. The van der Waals surface area contributed by atoms with Gasteiger partial charge in [-0.25, -0.2) is 4.98 Å². The Kier molecular flexibility index (Phi) is 6.70. The van der Waals surface area contributed by atoms with Crippen LogP contribution in [0.25, 0.3) is 0 Å². The van der Waals surface area contributed by atoms with E-state index in [1.807, 2.05) is 44.2 Å². The van der Waals surface area contributed by atoms with Crippen molar-refractivity contribution in [1.29, 1.82) is 0 Å². The molecule has 1 fully saturated rings. The maximum atomic E-state index is 12.5. The maximum absolute atomic E-state index is 12.5. The van der Waals surface area contributed by atoms with Crippen molar-refractivity contribution in [3.8, 4) is 0 Å². The third-order valence-electron chi connectivity index (χ3n) is 5.69. The number of anilines is 1. The summed E-state index contributed by atoms with van der Waals surface area (Å²) in [6.45, 7) is 9.41. The fourth-order valence-electron chi connectivity index (χ4n) is 3.65. The van der Waals surface area contributed by atoms with Gasteiger partial charge in [0.05, 0.1) is 6.54 Å². The van der Waals surface area contributed by atoms with E-state index in [1.165, 1.54) is 17.4 Å². The Hall–Kier alpha value is -2.67. The second kappa shape index (κ2) is 9.64. The van der Waals surface area contributed by atoms with Gasteiger partial charge in [-0.15, -0.1) is 0 Å². The fraction of sp³-hybridized carbons (Fsp3) is 0.333. The molecule has 1 saturated heterocycles. The summed E-state index contributed by atoms with van der Waals surface area (Å²) in [7, 11) is 0. The molecular weight excluding hydrogens is 412 g/mol. The van der Waals surface area contributed by atoms with E-state index in [4.69, 9.17) is 16.0 Å². The van der Waals surface area contributed by atoms with Gasteiger partial charge in [0.2, 0.25) is 5.89 Å². The van der Waals surface area contributed by atoms with Crippen molar-refractivity contribution in [1.82, 2.24) is 14.8 Å². The molecule has 2 aromatic carbocycles. The SMILES string of the molecule is Cc1ccc(NC(=O)c2coc(CN3CCN(Cc4ccc(Cl)cc4)CC3)n2)cc1C. The van der Waals surface area contributed by atoms with Gasteiger partial charge in [0.15, 0.2) is 5.69 Å². The van der Waals surface area contributed by atoms with Crippen molar-refractivity contribution < 1.29 is 9.21 Å². The highest BCUT2D eigenvalue weighted by Crippen LogP contribution is 2.17.